The van der Waals surface area contributed by atoms with Crippen molar-refractivity contribution in [3.8, 4) is 0 Å². The summed E-state index contributed by atoms with van der Waals surface area (Å²) >= 11 is 6.53. The maximum Gasteiger partial charge on any atom is 0.113 e. The molecule has 4 rings (SSSR count). The minimum absolute atomic E-state index is 0. The third kappa shape index (κ3) is 119. The van der Waals surface area contributed by atoms with Crippen LogP contribution in [0.2, 0.25) is 0 Å². The summed E-state index contributed by atoms with van der Waals surface area (Å²) in [6.07, 6.45) is 4.05. The number of rotatable bonds is 6. The summed E-state index contributed by atoms with van der Waals surface area (Å²) < 4.78 is 2.69. The number of hydrogen-bond donors (Lipinski definition) is 3. The average molecular weight is 1900 g/mol. The molecule has 0 fully saturated rings. The van der Waals surface area contributed by atoms with Crippen molar-refractivity contribution in [1.29, 1.82) is 0 Å². The molecule has 4 N–H and O–H groups in total. The van der Waals surface area contributed by atoms with E-state index in [4.69, 9.17) is 42.9 Å². The van der Waals surface area contributed by atoms with E-state index >= 15 is 0 Å². The first-order valence-corrected chi connectivity index (χ1v) is 21.1. The number of alkyl halides is 1. The van der Waals surface area contributed by atoms with Gasteiger partial charge in [-0.1, -0.05) is 236 Å². The van der Waals surface area contributed by atoms with Crippen molar-refractivity contribution in [3.05, 3.63) is 144 Å². The first kappa shape index (κ1) is 133. The molecule has 0 aliphatic rings. The zero-order valence-corrected chi connectivity index (χ0v) is 81.0. The van der Waals surface area contributed by atoms with Gasteiger partial charge in [-0.2, -0.15) is 0 Å². The normalized spacial score (nSPS) is 6.44. The van der Waals surface area contributed by atoms with Crippen LogP contribution in [-0.2, 0) is 411 Å². The maximum absolute atomic E-state index is 5.61. The molecule has 21 radical (unpaired) electrons. The van der Waals surface area contributed by atoms with E-state index in [9.17, 15) is 0 Å². The number of thiol groups is 1. The first-order chi connectivity index (χ1) is 26.8. The Kier molecular flexibility index (Phi) is 226. The molecule has 0 aliphatic carbocycles. The number of nitrogens with two attached hydrogens (primary N) is 2. The second-order valence-electron chi connectivity index (χ2n) is 10.2. The Morgan fingerprint density at radius 2 is 0.750 bits per heavy atom. The van der Waals surface area contributed by atoms with Crippen LogP contribution in [0.5, 0.6) is 0 Å². The molecule has 0 unspecified atom stereocenters. The molecule has 0 aliphatic heterocycles. The number of hydrogen-bond acceptors (Lipinski definition) is 4. The summed E-state index contributed by atoms with van der Waals surface area (Å²) in [6.45, 7) is 32.9. The molecule has 0 bridgehead atoms. The largest absolute Gasteiger partial charge is 0.403 e. The molecule has 0 heterocycles. The van der Waals surface area contributed by atoms with E-state index < -0.39 is 0 Å². The van der Waals surface area contributed by atoms with Gasteiger partial charge < -0.3 is 11.5 Å². The van der Waals surface area contributed by atoms with Crippen LogP contribution in [0.25, 0.3) is 0 Å². The third-order valence-corrected chi connectivity index (χ3v) is 5.97. The molecule has 22 heteroatoms. The summed E-state index contributed by atoms with van der Waals surface area (Å²) in [5, 5.41) is 0.873. The summed E-state index contributed by atoms with van der Waals surface area (Å²) in [6, 6.07) is 31.5. The minimum Gasteiger partial charge on any atom is -0.403 e. The Morgan fingerprint density at radius 3 is 0.941 bits per heavy atom. The van der Waals surface area contributed by atoms with E-state index in [1.807, 2.05) is 167 Å². The Labute approximate surface area is 744 Å². The Morgan fingerprint density at radius 1 is 0.515 bits per heavy atom. The molecule has 0 atom stereocenters. The van der Waals surface area contributed by atoms with E-state index in [1.165, 1.54) is 28.7 Å². The number of halogens is 1. The van der Waals surface area contributed by atoms with Crippen LogP contribution >= 0.6 is 28.7 Å². The third-order valence-electron chi connectivity index (χ3n) is 5.32. The molecule has 337 valence electrons. The van der Waals surface area contributed by atoms with Gasteiger partial charge >= 0.3 is 24.8 Å². The molecule has 68 heavy (non-hydrogen) atoms. The van der Waals surface area contributed by atoms with Gasteiger partial charge in [0.2, 0.25) is 0 Å². The van der Waals surface area contributed by atoms with Gasteiger partial charge in [0, 0.05) is 404 Å². The fourth-order valence-corrected chi connectivity index (χ4v) is 3.79. The van der Waals surface area contributed by atoms with Gasteiger partial charge in [0.05, 0.1) is 0 Å². The Bertz CT molecular complexity index is 1450. The Balaban J connectivity index is -0.0000000238. The van der Waals surface area contributed by atoms with Gasteiger partial charge in [-0.25, -0.2) is 0 Å². The second-order valence-corrected chi connectivity index (χ2v) is 10.9. The zero-order valence-electron chi connectivity index (χ0n) is 44.4. The molecule has 4 aromatic carbocycles. The van der Waals surface area contributed by atoms with Crippen LogP contribution in [0.15, 0.2) is 126 Å². The molecule has 0 spiro atoms. The van der Waals surface area contributed by atoms with Gasteiger partial charge in [-0.3, -0.25) is 0 Å². The molecule has 0 saturated carbocycles. The Hall–Kier alpha value is 10.2. The summed E-state index contributed by atoms with van der Waals surface area (Å²) in [4.78, 5) is 0. The molecule has 0 saturated heterocycles. The van der Waals surface area contributed by atoms with Crippen LogP contribution in [0.4, 0.5) is 0 Å². The fraction of sp³-hybridized carbons (Fsp3) is 0.391. The summed E-state index contributed by atoms with van der Waals surface area (Å²) in [5.41, 5.74) is 20.1. The van der Waals surface area contributed by atoms with Crippen molar-refractivity contribution in [3.63, 3.8) is 0 Å². The molecule has 4 aromatic rings. The molecule has 0 aromatic heterocycles. The van der Waals surface area contributed by atoms with Crippen LogP contribution in [0.3, 0.4) is 0 Å². The molecule has 0 amide bonds. The molecular weight excluding hydrogens is 1830 g/mol. The predicted octanol–water partition coefficient (Wildman–Crippen LogP) is 10.2. The van der Waals surface area contributed by atoms with E-state index in [-0.39, 0.29) is 393 Å². The summed E-state index contributed by atoms with van der Waals surface area (Å²) in [7, 11) is 26.5. The van der Waals surface area contributed by atoms with Crippen LogP contribution in [-0.4, -0.2) is 39.0 Å². The smallest absolute Gasteiger partial charge is 0.113 e. The van der Waals surface area contributed by atoms with Crippen molar-refractivity contribution in [2.24, 2.45) is 15.8 Å². The SMILES string of the molecule is C=C(C)N.CC.CC.CC.CC.CC.[B]=NS.[B]c1cccc(C)c1.[B]c1cccc(CBr)c1.[B]c1cccc(CCC(=C)N)c1.[B]c1cccc(CCC)c1.[Y].[Y].[Y].[Y].[Y].[Y].[Y].[Y].[Y].[Y].[Y].[Y]. The fourth-order valence-electron chi connectivity index (χ4n) is 3.44. The number of benzene rings is 4. The average Bonchev–Trinajstić information content (AvgIpc) is 3.19. The van der Waals surface area contributed by atoms with E-state index in [0.29, 0.717) is 5.70 Å². The van der Waals surface area contributed by atoms with Crippen LogP contribution in [0, 0.1) is 6.92 Å². The van der Waals surface area contributed by atoms with Crippen molar-refractivity contribution in [2.75, 3.05) is 0 Å². The van der Waals surface area contributed by atoms with Gasteiger partial charge in [-0.15, -0.1) is 0 Å². The van der Waals surface area contributed by atoms with Crippen molar-refractivity contribution >= 4 is 89.6 Å². The number of allylic oxidation sites excluding steroid dienone is 2. The van der Waals surface area contributed by atoms with Gasteiger partial charge in [0.1, 0.15) is 31.4 Å². The first-order valence-electron chi connectivity index (χ1n) is 19.6. The van der Waals surface area contributed by atoms with Crippen molar-refractivity contribution < 1.29 is 393 Å². The van der Waals surface area contributed by atoms with Crippen molar-refractivity contribution in [2.45, 2.75) is 121 Å². The van der Waals surface area contributed by atoms with E-state index in [2.05, 4.69) is 66.8 Å². The van der Waals surface area contributed by atoms with Gasteiger partial charge in [0.15, 0.2) is 0 Å². The van der Waals surface area contributed by atoms with E-state index in [0.717, 1.165) is 52.1 Å². The molecular formula is C46H74B5BrN3SY12. The minimum atomic E-state index is 0. The topological polar surface area (TPSA) is 64.4 Å². The van der Waals surface area contributed by atoms with Crippen LogP contribution in [0.1, 0.15) is 118 Å². The summed E-state index contributed by atoms with van der Waals surface area (Å²) in [5.74, 6) is 0. The zero-order chi connectivity index (χ0) is 45.3. The van der Waals surface area contributed by atoms with Crippen molar-refractivity contribution in [1.82, 2.24) is 0 Å². The van der Waals surface area contributed by atoms with Crippen LogP contribution < -0.4 is 33.3 Å². The predicted molar refractivity (Wildman–Crippen MR) is 273 cm³/mol. The molecule has 3 nitrogen and oxygen atoms in total. The number of nitrogens with zero attached hydrogens (tertiary/aromatic N) is 1. The van der Waals surface area contributed by atoms with E-state index in [1.54, 1.807) is 6.92 Å². The quantitative estimate of drug-likeness (QED) is 0.102. The second kappa shape index (κ2) is 116. The van der Waals surface area contributed by atoms with Gasteiger partial charge in [0.25, 0.3) is 0 Å². The number of aryl methyl sites for hydroxylation is 3. The monoisotopic (exact) mass is 1900 g/mol. The van der Waals surface area contributed by atoms with Gasteiger partial charge in [-0.05, 0) is 55.5 Å². The standard InChI is InChI=1S/C10H12BN.C9H11B.C7H6BBr.C7H7B.C3H7N.5C2H6.BHNS.12Y/c1-8(12)5-6-9-3-2-4-10(11)7-9;1-2-4-8-5-3-6-9(10)7-8;8-7-3-1-2-6(4-7)5-9;1-6-3-2-4-7(8)5-6;1-3(2)4;5*1-2;1-2-3;;;;;;;;;;;;/h2-4,7H,1,5-6,12H2;3,5-7H,2,4H2,1H3;1-4H,5H2;2-5H,1H3;1,4H2,2H3;5*1-2H3;3H;;;;;;;;;;;;. The maximum atomic E-state index is 5.61.